The third-order valence-corrected chi connectivity index (χ3v) is 3.28. The van der Waals surface area contributed by atoms with Gasteiger partial charge in [0.1, 0.15) is 5.82 Å². The van der Waals surface area contributed by atoms with Crippen molar-refractivity contribution in [1.29, 1.82) is 0 Å². The lowest BCUT2D eigenvalue weighted by Crippen LogP contribution is -2.33. The summed E-state index contributed by atoms with van der Waals surface area (Å²) in [6.07, 6.45) is -0.265. The Balaban J connectivity index is 1.90. The number of benzene rings is 1. The maximum Gasteiger partial charge on any atom is 0.332 e. The number of carbonyl (C=O) groups excluding carboxylic acids is 1. The molecule has 2 rings (SSSR count). The number of hydrogen-bond donors (Lipinski definition) is 2. The zero-order valence-corrected chi connectivity index (χ0v) is 11.2. The molecule has 1 aliphatic heterocycles. The molecule has 20 heavy (non-hydrogen) atoms. The van der Waals surface area contributed by atoms with Crippen LogP contribution in [0.2, 0.25) is 5.02 Å². The standard InChI is InChI=1S/C13H13ClFNO4/c14-7-1-3-10(15)9(5-7)12(17)16-6-8-2-4-11(20-8)13(18)19/h1,3,5,8,11H,2,4,6H2,(H,16,17)(H,18,19). The number of nitrogens with one attached hydrogen (secondary N) is 1. The van der Waals surface area contributed by atoms with E-state index < -0.39 is 23.8 Å². The van der Waals surface area contributed by atoms with Gasteiger partial charge in [-0.1, -0.05) is 11.6 Å². The second kappa shape index (κ2) is 6.19. The van der Waals surface area contributed by atoms with Crippen LogP contribution in [0.15, 0.2) is 18.2 Å². The number of ether oxygens (including phenoxy) is 1. The van der Waals surface area contributed by atoms with Crippen LogP contribution in [0.5, 0.6) is 0 Å². The molecule has 1 saturated heterocycles. The summed E-state index contributed by atoms with van der Waals surface area (Å²) in [6, 6.07) is 3.71. The normalized spacial score (nSPS) is 21.7. The van der Waals surface area contributed by atoms with Crippen LogP contribution in [0.3, 0.4) is 0 Å². The van der Waals surface area contributed by atoms with E-state index in [1.54, 1.807) is 0 Å². The molecule has 0 aliphatic carbocycles. The van der Waals surface area contributed by atoms with Gasteiger partial charge in [0.05, 0.1) is 11.7 Å². The molecule has 1 aromatic carbocycles. The average Bonchev–Trinajstić information content (AvgIpc) is 2.88. The number of halogens is 2. The van der Waals surface area contributed by atoms with Crippen molar-refractivity contribution in [2.24, 2.45) is 0 Å². The predicted octanol–water partition coefficient (Wildman–Crippen LogP) is 1.84. The van der Waals surface area contributed by atoms with Crippen LogP contribution in [0.25, 0.3) is 0 Å². The van der Waals surface area contributed by atoms with E-state index in [-0.39, 0.29) is 23.2 Å². The first-order valence-corrected chi connectivity index (χ1v) is 6.46. The first-order valence-electron chi connectivity index (χ1n) is 6.09. The Morgan fingerprint density at radius 1 is 1.45 bits per heavy atom. The Hall–Kier alpha value is -1.66. The van der Waals surface area contributed by atoms with Crippen LogP contribution in [-0.4, -0.2) is 35.7 Å². The second-order valence-electron chi connectivity index (χ2n) is 4.50. The summed E-state index contributed by atoms with van der Waals surface area (Å²) < 4.78 is 18.7. The van der Waals surface area contributed by atoms with Crippen LogP contribution in [0, 0.1) is 5.82 Å². The van der Waals surface area contributed by atoms with Gasteiger partial charge in [-0.05, 0) is 31.0 Å². The van der Waals surface area contributed by atoms with Crippen molar-refractivity contribution in [3.05, 3.63) is 34.6 Å². The SMILES string of the molecule is O=C(NCC1CCC(C(=O)O)O1)c1cc(Cl)ccc1F. The molecule has 0 saturated carbocycles. The van der Waals surface area contributed by atoms with Gasteiger partial charge in [-0.3, -0.25) is 4.79 Å². The van der Waals surface area contributed by atoms with Gasteiger partial charge < -0.3 is 15.2 Å². The molecular weight excluding hydrogens is 289 g/mol. The molecule has 0 aromatic heterocycles. The van der Waals surface area contributed by atoms with Gasteiger partial charge in [0, 0.05) is 11.6 Å². The zero-order valence-electron chi connectivity index (χ0n) is 10.4. The van der Waals surface area contributed by atoms with Gasteiger partial charge in [-0.25, -0.2) is 9.18 Å². The Morgan fingerprint density at radius 3 is 2.85 bits per heavy atom. The van der Waals surface area contributed by atoms with Crippen LogP contribution >= 0.6 is 11.6 Å². The van der Waals surface area contributed by atoms with Crippen molar-refractivity contribution >= 4 is 23.5 Å². The van der Waals surface area contributed by atoms with Crippen molar-refractivity contribution in [3.63, 3.8) is 0 Å². The van der Waals surface area contributed by atoms with Crippen LogP contribution in [0.4, 0.5) is 4.39 Å². The molecule has 2 N–H and O–H groups in total. The molecule has 5 nitrogen and oxygen atoms in total. The highest BCUT2D eigenvalue weighted by Crippen LogP contribution is 2.19. The summed E-state index contributed by atoms with van der Waals surface area (Å²) in [7, 11) is 0. The van der Waals surface area contributed by atoms with E-state index in [9.17, 15) is 14.0 Å². The summed E-state index contributed by atoms with van der Waals surface area (Å²) in [6.45, 7) is 0.133. The molecule has 1 fully saturated rings. The number of aliphatic carboxylic acids is 1. The summed E-state index contributed by atoms with van der Waals surface area (Å²) >= 11 is 5.71. The maximum atomic E-state index is 13.5. The van der Waals surface area contributed by atoms with Crippen molar-refractivity contribution in [2.75, 3.05) is 6.54 Å². The highest BCUT2D eigenvalue weighted by Gasteiger charge is 2.30. The molecule has 1 heterocycles. The predicted molar refractivity (Wildman–Crippen MR) is 69.3 cm³/mol. The number of amides is 1. The molecule has 1 amide bonds. The maximum absolute atomic E-state index is 13.5. The van der Waals surface area contributed by atoms with E-state index in [0.717, 1.165) is 6.07 Å². The lowest BCUT2D eigenvalue weighted by Gasteiger charge is -2.12. The summed E-state index contributed by atoms with van der Waals surface area (Å²) in [5.74, 6) is -2.28. The van der Waals surface area contributed by atoms with Crippen molar-refractivity contribution in [3.8, 4) is 0 Å². The lowest BCUT2D eigenvalue weighted by atomic mass is 10.1. The molecule has 7 heteroatoms. The first kappa shape index (κ1) is 14.7. The smallest absolute Gasteiger partial charge is 0.332 e. The summed E-state index contributed by atoms with van der Waals surface area (Å²) in [5.41, 5.74) is -0.148. The Bertz CT molecular complexity index is 537. The van der Waals surface area contributed by atoms with Gasteiger partial charge >= 0.3 is 5.97 Å². The third-order valence-electron chi connectivity index (χ3n) is 3.05. The molecule has 0 spiro atoms. The van der Waals surface area contributed by atoms with E-state index in [2.05, 4.69) is 5.32 Å². The first-order chi connectivity index (χ1) is 9.47. The molecule has 1 aliphatic rings. The van der Waals surface area contributed by atoms with E-state index in [1.807, 2.05) is 0 Å². The molecule has 0 radical (unpaired) electrons. The van der Waals surface area contributed by atoms with E-state index in [1.165, 1.54) is 12.1 Å². The fourth-order valence-corrected chi connectivity index (χ4v) is 2.18. The minimum atomic E-state index is -1.01. The second-order valence-corrected chi connectivity index (χ2v) is 4.93. The van der Waals surface area contributed by atoms with E-state index in [4.69, 9.17) is 21.4 Å². The fraction of sp³-hybridized carbons (Fsp3) is 0.385. The van der Waals surface area contributed by atoms with E-state index in [0.29, 0.717) is 12.8 Å². The number of hydrogen-bond acceptors (Lipinski definition) is 3. The van der Waals surface area contributed by atoms with Gasteiger partial charge in [0.15, 0.2) is 6.10 Å². The van der Waals surface area contributed by atoms with Crippen molar-refractivity contribution in [2.45, 2.75) is 25.0 Å². The Morgan fingerprint density at radius 2 is 2.20 bits per heavy atom. The van der Waals surface area contributed by atoms with Gasteiger partial charge in [0.2, 0.25) is 0 Å². The Labute approximate surface area is 119 Å². The number of carboxylic acids is 1. The molecule has 2 atom stereocenters. The van der Waals surface area contributed by atoms with Gasteiger partial charge in [-0.2, -0.15) is 0 Å². The molecule has 0 bridgehead atoms. The van der Waals surface area contributed by atoms with Gasteiger partial charge in [-0.15, -0.1) is 0 Å². The number of rotatable bonds is 4. The highest BCUT2D eigenvalue weighted by molar-refractivity contribution is 6.31. The summed E-state index contributed by atoms with van der Waals surface area (Å²) in [4.78, 5) is 22.5. The minimum absolute atomic E-state index is 0.133. The van der Waals surface area contributed by atoms with Crippen molar-refractivity contribution in [1.82, 2.24) is 5.32 Å². The minimum Gasteiger partial charge on any atom is -0.479 e. The van der Waals surface area contributed by atoms with E-state index >= 15 is 0 Å². The monoisotopic (exact) mass is 301 g/mol. The lowest BCUT2D eigenvalue weighted by molar-refractivity contribution is -0.149. The topological polar surface area (TPSA) is 75.6 Å². The van der Waals surface area contributed by atoms with Gasteiger partial charge in [0.25, 0.3) is 5.91 Å². The zero-order chi connectivity index (χ0) is 14.7. The number of carbonyl (C=O) groups is 2. The van der Waals surface area contributed by atoms with Crippen LogP contribution in [-0.2, 0) is 9.53 Å². The third kappa shape index (κ3) is 3.46. The number of carboxylic acid groups (broad SMARTS) is 1. The molecule has 2 unspecified atom stereocenters. The molecular formula is C13H13ClFNO4. The largest absolute Gasteiger partial charge is 0.479 e. The van der Waals surface area contributed by atoms with Crippen LogP contribution < -0.4 is 5.32 Å². The van der Waals surface area contributed by atoms with Crippen LogP contribution in [0.1, 0.15) is 23.2 Å². The summed E-state index contributed by atoms with van der Waals surface area (Å²) in [5, 5.41) is 11.6. The Kier molecular flexibility index (Phi) is 4.57. The molecule has 1 aromatic rings. The quantitative estimate of drug-likeness (QED) is 0.890. The fourth-order valence-electron chi connectivity index (χ4n) is 2.01. The average molecular weight is 302 g/mol. The van der Waals surface area contributed by atoms with Crippen molar-refractivity contribution < 1.29 is 23.8 Å². The highest BCUT2D eigenvalue weighted by atomic mass is 35.5. The molecule has 108 valence electrons.